The summed E-state index contributed by atoms with van der Waals surface area (Å²) in [6.07, 6.45) is 0. The molecule has 0 saturated carbocycles. The molecule has 0 fully saturated rings. The summed E-state index contributed by atoms with van der Waals surface area (Å²) in [6, 6.07) is 5.58. The third-order valence-corrected chi connectivity index (χ3v) is 2.70. The second-order valence-electron chi connectivity index (χ2n) is 3.80. The first kappa shape index (κ1) is 23.9. The van der Waals surface area contributed by atoms with E-state index in [0.29, 0.717) is 0 Å². The molecule has 12 heteroatoms. The monoisotopic (exact) mass is 396 g/mol. The molecule has 2 aromatic heterocycles. The fraction of sp³-hybridized carbons (Fsp3) is 0. The molecular weight excluding hydrogens is 383 g/mol. The number of rotatable bonds is 2. The molecule has 0 unspecified atom stereocenters. The van der Waals surface area contributed by atoms with E-state index in [1.165, 1.54) is 24.3 Å². The van der Waals surface area contributed by atoms with Crippen LogP contribution < -0.4 is 23.4 Å². The van der Waals surface area contributed by atoms with Gasteiger partial charge in [0.25, 0.3) is 5.91 Å². The van der Waals surface area contributed by atoms with Crippen molar-refractivity contribution >= 4 is 59.1 Å². The number of nitrogens with two attached hydrogens (primary N) is 3. The maximum absolute atomic E-state index is 10.6. The molecule has 24 heavy (non-hydrogen) atoms. The molecule has 0 aliphatic carbocycles. The van der Waals surface area contributed by atoms with Crippen molar-refractivity contribution < 1.29 is 14.7 Å². The zero-order chi connectivity index (χ0) is 16.9. The zero-order valence-electron chi connectivity index (χ0n) is 12.1. The number of hydrogen-bond donors (Lipinski definition) is 5. The predicted molar refractivity (Wildman–Crippen MR) is 95.1 cm³/mol. The molecular formula is C12H15Cl3N6O3. The Hall–Kier alpha value is -2.33. The maximum atomic E-state index is 10.6. The first-order valence-corrected chi connectivity index (χ1v) is 6.35. The fourth-order valence-corrected chi connectivity index (χ4v) is 1.60. The van der Waals surface area contributed by atoms with Gasteiger partial charge in [-0.05, 0) is 24.3 Å². The van der Waals surface area contributed by atoms with Crippen molar-refractivity contribution in [2.45, 2.75) is 0 Å². The minimum absolute atomic E-state index is 0. The number of carboxylic acid groups (broad SMARTS) is 1. The van der Waals surface area contributed by atoms with E-state index in [2.05, 4.69) is 9.97 Å². The van der Waals surface area contributed by atoms with Crippen LogP contribution in [-0.2, 0) is 0 Å². The van der Waals surface area contributed by atoms with Crippen molar-refractivity contribution in [3.05, 3.63) is 45.7 Å². The lowest BCUT2D eigenvalue weighted by Gasteiger charge is -1.98. The first-order chi connectivity index (χ1) is 10.2. The topological polar surface area (TPSA) is 193 Å². The van der Waals surface area contributed by atoms with Crippen molar-refractivity contribution in [2.75, 3.05) is 11.5 Å². The van der Waals surface area contributed by atoms with E-state index >= 15 is 0 Å². The van der Waals surface area contributed by atoms with Gasteiger partial charge in [-0.1, -0.05) is 23.2 Å². The number of aromatic carboxylic acids is 1. The van der Waals surface area contributed by atoms with Gasteiger partial charge in [0.2, 0.25) is 0 Å². The van der Waals surface area contributed by atoms with Crippen LogP contribution in [0.4, 0.5) is 11.6 Å². The quantitative estimate of drug-likeness (QED) is 0.474. The minimum Gasteiger partial charge on any atom is -0.478 e. The van der Waals surface area contributed by atoms with Gasteiger partial charge in [0.05, 0.1) is 5.56 Å². The Balaban J connectivity index is 0. The summed E-state index contributed by atoms with van der Waals surface area (Å²) in [5.41, 5.74) is 15.7. The van der Waals surface area contributed by atoms with Crippen molar-refractivity contribution in [3.63, 3.8) is 0 Å². The number of anilines is 2. The third kappa shape index (κ3) is 6.84. The number of nitrogens with zero attached hydrogens (tertiary/aromatic N) is 2. The summed E-state index contributed by atoms with van der Waals surface area (Å²) < 4.78 is 0. The summed E-state index contributed by atoms with van der Waals surface area (Å²) >= 11 is 10.9. The molecule has 132 valence electrons. The molecule has 2 heterocycles. The van der Waals surface area contributed by atoms with Crippen LogP contribution in [0.3, 0.4) is 0 Å². The molecule has 0 saturated heterocycles. The normalized spacial score (nSPS) is 8.75. The lowest BCUT2D eigenvalue weighted by Crippen LogP contribution is -2.14. The Morgan fingerprint density at radius 2 is 1.29 bits per heavy atom. The summed E-state index contributed by atoms with van der Waals surface area (Å²) in [5, 5.41) is 8.92. The highest BCUT2D eigenvalue weighted by Gasteiger charge is 2.08. The average molecular weight is 398 g/mol. The SMILES string of the molecule is Cl.N.NC(=O)c1ccc(Cl)nc1N.Nc1nc(Cl)ccc1C(=O)O. The van der Waals surface area contributed by atoms with E-state index < -0.39 is 11.9 Å². The molecule has 0 spiro atoms. The van der Waals surface area contributed by atoms with Crippen molar-refractivity contribution in [2.24, 2.45) is 5.73 Å². The number of carbonyl (C=O) groups excluding carboxylic acids is 1. The van der Waals surface area contributed by atoms with Crippen LogP contribution in [0.2, 0.25) is 10.3 Å². The van der Waals surface area contributed by atoms with E-state index in [1.807, 2.05) is 0 Å². The molecule has 0 radical (unpaired) electrons. The number of amides is 1. The first-order valence-electron chi connectivity index (χ1n) is 5.59. The number of nitrogen functional groups attached to an aromatic ring is 2. The number of pyridine rings is 2. The van der Waals surface area contributed by atoms with Gasteiger partial charge in [-0.15, -0.1) is 12.4 Å². The molecule has 2 rings (SSSR count). The predicted octanol–water partition coefficient (Wildman–Crippen LogP) is 2.02. The van der Waals surface area contributed by atoms with Gasteiger partial charge in [-0.3, -0.25) is 4.79 Å². The largest absolute Gasteiger partial charge is 0.478 e. The van der Waals surface area contributed by atoms with Gasteiger partial charge >= 0.3 is 5.97 Å². The van der Waals surface area contributed by atoms with Crippen molar-refractivity contribution in [1.29, 1.82) is 0 Å². The van der Waals surface area contributed by atoms with Crippen molar-refractivity contribution in [1.82, 2.24) is 16.1 Å². The molecule has 0 aliphatic heterocycles. The highest BCUT2D eigenvalue weighted by molar-refractivity contribution is 6.30. The number of hydrogen-bond acceptors (Lipinski definition) is 7. The van der Waals surface area contributed by atoms with Crippen LogP contribution in [0.15, 0.2) is 24.3 Å². The minimum atomic E-state index is -1.10. The van der Waals surface area contributed by atoms with Gasteiger partial charge in [-0.2, -0.15) is 0 Å². The van der Waals surface area contributed by atoms with Crippen LogP contribution in [0.5, 0.6) is 0 Å². The average Bonchev–Trinajstić information content (AvgIpc) is 2.38. The molecule has 0 aliphatic rings. The summed E-state index contributed by atoms with van der Waals surface area (Å²) in [6.45, 7) is 0. The number of halogens is 3. The van der Waals surface area contributed by atoms with Crippen LogP contribution >= 0.6 is 35.6 Å². The fourth-order valence-electron chi connectivity index (χ4n) is 1.29. The van der Waals surface area contributed by atoms with E-state index in [4.69, 9.17) is 45.5 Å². The number of aromatic nitrogens is 2. The van der Waals surface area contributed by atoms with Crippen LogP contribution in [0.25, 0.3) is 0 Å². The maximum Gasteiger partial charge on any atom is 0.339 e. The Bertz CT molecular complexity index is 668. The molecule has 2 aromatic rings. The smallest absolute Gasteiger partial charge is 0.339 e. The van der Waals surface area contributed by atoms with Gasteiger partial charge in [0.1, 0.15) is 27.5 Å². The summed E-state index contributed by atoms with van der Waals surface area (Å²) in [5.74, 6) is -1.71. The Morgan fingerprint density at radius 1 is 0.917 bits per heavy atom. The van der Waals surface area contributed by atoms with E-state index in [-0.39, 0.29) is 51.6 Å². The van der Waals surface area contributed by atoms with Gasteiger partial charge in [0.15, 0.2) is 0 Å². The summed E-state index contributed by atoms with van der Waals surface area (Å²) in [7, 11) is 0. The Kier molecular flexibility index (Phi) is 10.4. The molecule has 0 atom stereocenters. The van der Waals surface area contributed by atoms with Crippen LogP contribution in [0, 0.1) is 0 Å². The number of primary amides is 1. The second kappa shape index (κ2) is 10.4. The number of carboxylic acids is 1. The van der Waals surface area contributed by atoms with Crippen LogP contribution in [0.1, 0.15) is 20.7 Å². The second-order valence-corrected chi connectivity index (χ2v) is 4.58. The van der Waals surface area contributed by atoms with Gasteiger partial charge in [0, 0.05) is 0 Å². The molecule has 10 N–H and O–H groups in total. The van der Waals surface area contributed by atoms with E-state index in [0.717, 1.165) is 0 Å². The molecule has 9 nitrogen and oxygen atoms in total. The Morgan fingerprint density at radius 3 is 1.58 bits per heavy atom. The van der Waals surface area contributed by atoms with Gasteiger partial charge in [-0.25, -0.2) is 14.8 Å². The van der Waals surface area contributed by atoms with Gasteiger partial charge < -0.3 is 28.5 Å². The summed E-state index contributed by atoms with van der Waals surface area (Å²) in [4.78, 5) is 28.2. The molecule has 0 aromatic carbocycles. The highest BCUT2D eigenvalue weighted by Crippen LogP contribution is 2.13. The lowest BCUT2D eigenvalue weighted by atomic mass is 10.2. The lowest BCUT2D eigenvalue weighted by molar-refractivity contribution is 0.0697. The highest BCUT2D eigenvalue weighted by atomic mass is 35.5. The van der Waals surface area contributed by atoms with Crippen LogP contribution in [-0.4, -0.2) is 27.0 Å². The van der Waals surface area contributed by atoms with E-state index in [1.54, 1.807) is 0 Å². The molecule has 0 bridgehead atoms. The molecule has 1 amide bonds. The zero-order valence-corrected chi connectivity index (χ0v) is 14.4. The Labute approximate surface area is 153 Å². The van der Waals surface area contributed by atoms with E-state index in [9.17, 15) is 9.59 Å². The third-order valence-electron chi connectivity index (χ3n) is 2.28. The standard InChI is InChI=1S/C6H6ClN3O.C6H5ClN2O2.ClH.H3N/c7-4-2-1-3(6(9)11)5(8)10-4;7-4-2-1-3(6(10)11)5(8)9-4;;/h1-2H,(H2,8,10)(H2,9,11);1-2H,(H2,8,9)(H,10,11);1H;1H3. The number of carbonyl (C=O) groups is 2. The van der Waals surface area contributed by atoms with Crippen molar-refractivity contribution in [3.8, 4) is 0 Å².